The maximum absolute atomic E-state index is 13.5. The molecule has 0 saturated carbocycles. The van der Waals surface area contributed by atoms with Crippen LogP contribution >= 0.6 is 0 Å². The summed E-state index contributed by atoms with van der Waals surface area (Å²) < 4.78 is 29.7. The Balaban J connectivity index is 1.68. The van der Waals surface area contributed by atoms with E-state index in [0.29, 0.717) is 17.8 Å². The topological polar surface area (TPSA) is 60.1 Å². The average molecular weight is 384 g/mol. The Bertz CT molecular complexity index is 1140. The van der Waals surface area contributed by atoms with E-state index >= 15 is 0 Å². The normalized spacial score (nSPS) is 16.4. The molecule has 0 fully saturated rings. The number of fused-ring (bicyclic) bond motifs is 1. The van der Waals surface area contributed by atoms with Gasteiger partial charge >= 0.3 is 0 Å². The van der Waals surface area contributed by atoms with E-state index in [4.69, 9.17) is 0 Å². The maximum Gasteiger partial charge on any atom is 0.275 e. The third-order valence-corrected chi connectivity index (χ3v) is 4.94. The van der Waals surface area contributed by atoms with Gasteiger partial charge in [-0.3, -0.25) is 9.59 Å². The Kier molecular flexibility index (Phi) is 4.33. The van der Waals surface area contributed by atoms with E-state index in [1.807, 2.05) is 13.8 Å². The number of carbonyl (C=O) groups excluding carboxylic acids is 1. The Morgan fingerprint density at radius 2 is 1.93 bits per heavy atom. The van der Waals surface area contributed by atoms with Crippen molar-refractivity contribution in [1.29, 1.82) is 0 Å². The molecule has 0 N–H and O–H groups in total. The molecule has 1 aliphatic heterocycles. The first kappa shape index (κ1) is 18.1. The van der Waals surface area contributed by atoms with Gasteiger partial charge < -0.3 is 14.0 Å². The number of pyridine rings is 1. The zero-order chi connectivity index (χ0) is 20.0. The molecule has 0 spiro atoms. The van der Waals surface area contributed by atoms with Gasteiger partial charge in [0.25, 0.3) is 11.5 Å². The Hall–Kier alpha value is -3.29. The highest BCUT2D eigenvalue weighted by Gasteiger charge is 2.31. The van der Waals surface area contributed by atoms with Crippen LogP contribution in [0, 0.1) is 18.6 Å². The Morgan fingerprint density at radius 3 is 2.61 bits per heavy atom. The van der Waals surface area contributed by atoms with Gasteiger partial charge in [0.05, 0.1) is 12.0 Å². The fraction of sp³-hybridized carbons (Fsp3) is 0.250. The molecule has 0 radical (unpaired) electrons. The number of aromatic nitrogens is 3. The van der Waals surface area contributed by atoms with E-state index < -0.39 is 11.6 Å². The molecule has 0 aliphatic carbocycles. The molecule has 1 atom stereocenters. The van der Waals surface area contributed by atoms with Gasteiger partial charge in [-0.1, -0.05) is 6.07 Å². The second-order valence-corrected chi connectivity index (χ2v) is 6.97. The van der Waals surface area contributed by atoms with E-state index in [2.05, 4.69) is 4.98 Å². The van der Waals surface area contributed by atoms with E-state index in [1.54, 1.807) is 34.1 Å². The summed E-state index contributed by atoms with van der Waals surface area (Å²) in [5.74, 6) is -2.21. The minimum absolute atomic E-state index is 0.133. The molecular weight excluding hydrogens is 366 g/mol. The average Bonchev–Trinajstić information content (AvgIpc) is 3.08. The second kappa shape index (κ2) is 6.70. The largest absolute Gasteiger partial charge is 0.329 e. The molecule has 8 heteroatoms. The molecule has 1 aromatic carbocycles. The molecule has 1 aliphatic rings. The standard InChI is InChI=1S/C20H18F2N4O2/c1-12-8-24(11-23-12)17-5-6-18-20(28)25(13(2)9-26(18)19(17)27)10-14-3-4-15(21)16(22)7-14/h3-8,11,13H,9-10H2,1-2H3/t13-/m1/s1. The SMILES string of the molecule is Cc1cn(-c2ccc3n(c2=O)C[C@@H](C)N(Cc2ccc(F)c(F)c2)C3=O)cn1. The van der Waals surface area contributed by atoms with Crippen LogP contribution in [0.1, 0.15) is 28.7 Å². The first-order valence-electron chi connectivity index (χ1n) is 8.85. The van der Waals surface area contributed by atoms with Crippen molar-refractivity contribution in [3.63, 3.8) is 0 Å². The van der Waals surface area contributed by atoms with Gasteiger partial charge in [0.15, 0.2) is 11.6 Å². The molecule has 144 valence electrons. The van der Waals surface area contributed by atoms with Crippen molar-refractivity contribution in [2.75, 3.05) is 0 Å². The summed E-state index contributed by atoms with van der Waals surface area (Å²) >= 11 is 0. The quantitative estimate of drug-likeness (QED) is 0.698. The monoisotopic (exact) mass is 384 g/mol. The molecule has 0 bridgehead atoms. The smallest absolute Gasteiger partial charge is 0.275 e. The number of aryl methyl sites for hydroxylation is 1. The summed E-state index contributed by atoms with van der Waals surface area (Å²) in [6.07, 6.45) is 3.30. The zero-order valence-electron chi connectivity index (χ0n) is 15.4. The Labute approximate surface area is 159 Å². The molecule has 3 aromatic rings. The number of imidazole rings is 1. The van der Waals surface area contributed by atoms with E-state index in [9.17, 15) is 18.4 Å². The summed E-state index contributed by atoms with van der Waals surface area (Å²) in [6.45, 7) is 4.09. The lowest BCUT2D eigenvalue weighted by Gasteiger charge is -2.35. The summed E-state index contributed by atoms with van der Waals surface area (Å²) in [5, 5.41) is 0. The third kappa shape index (κ3) is 3.00. The number of benzene rings is 1. The number of hydrogen-bond donors (Lipinski definition) is 0. The van der Waals surface area contributed by atoms with Gasteiger partial charge in [-0.05, 0) is 43.7 Å². The van der Waals surface area contributed by atoms with Gasteiger partial charge in [0, 0.05) is 25.3 Å². The van der Waals surface area contributed by atoms with Gasteiger partial charge in [0.2, 0.25) is 0 Å². The van der Waals surface area contributed by atoms with Crippen molar-refractivity contribution in [2.24, 2.45) is 0 Å². The lowest BCUT2D eigenvalue weighted by atomic mass is 10.1. The minimum Gasteiger partial charge on any atom is -0.329 e. The molecule has 4 rings (SSSR count). The predicted octanol–water partition coefficient (Wildman–Crippen LogP) is 2.67. The van der Waals surface area contributed by atoms with Crippen LogP contribution in [0.15, 0.2) is 47.7 Å². The van der Waals surface area contributed by atoms with E-state index in [-0.39, 0.29) is 29.7 Å². The highest BCUT2D eigenvalue weighted by atomic mass is 19.2. The van der Waals surface area contributed by atoms with Gasteiger partial charge in [-0.15, -0.1) is 0 Å². The van der Waals surface area contributed by atoms with Crippen molar-refractivity contribution in [2.45, 2.75) is 33.0 Å². The lowest BCUT2D eigenvalue weighted by Crippen LogP contribution is -2.49. The third-order valence-electron chi connectivity index (χ3n) is 4.94. The van der Waals surface area contributed by atoms with Crippen molar-refractivity contribution in [3.05, 3.63) is 81.8 Å². The number of amides is 1. The summed E-state index contributed by atoms with van der Waals surface area (Å²) in [6, 6.07) is 6.50. The molecular formula is C20H18F2N4O2. The fourth-order valence-corrected chi connectivity index (χ4v) is 3.46. The highest BCUT2D eigenvalue weighted by molar-refractivity contribution is 5.93. The van der Waals surface area contributed by atoms with Crippen molar-refractivity contribution in [1.82, 2.24) is 19.0 Å². The molecule has 1 amide bonds. The second-order valence-electron chi connectivity index (χ2n) is 6.97. The maximum atomic E-state index is 13.5. The highest BCUT2D eigenvalue weighted by Crippen LogP contribution is 2.21. The van der Waals surface area contributed by atoms with E-state index in [1.165, 1.54) is 10.6 Å². The van der Waals surface area contributed by atoms with Crippen LogP contribution in [0.2, 0.25) is 0 Å². The van der Waals surface area contributed by atoms with Crippen LogP contribution in [-0.2, 0) is 13.1 Å². The number of carbonyl (C=O) groups is 1. The number of halogens is 2. The zero-order valence-corrected chi connectivity index (χ0v) is 15.4. The number of rotatable bonds is 3. The molecule has 28 heavy (non-hydrogen) atoms. The Morgan fingerprint density at radius 1 is 1.14 bits per heavy atom. The number of hydrogen-bond acceptors (Lipinski definition) is 3. The van der Waals surface area contributed by atoms with Crippen molar-refractivity contribution in [3.8, 4) is 5.69 Å². The van der Waals surface area contributed by atoms with Gasteiger partial charge in [-0.25, -0.2) is 13.8 Å². The number of nitrogens with zero attached hydrogens (tertiary/aromatic N) is 4. The van der Waals surface area contributed by atoms with Crippen LogP contribution < -0.4 is 5.56 Å². The summed E-state index contributed by atoms with van der Waals surface area (Å²) in [7, 11) is 0. The molecule has 3 heterocycles. The summed E-state index contributed by atoms with van der Waals surface area (Å²) in [4.78, 5) is 31.6. The summed E-state index contributed by atoms with van der Waals surface area (Å²) in [5.41, 5.74) is 1.68. The van der Waals surface area contributed by atoms with Crippen LogP contribution in [0.4, 0.5) is 8.78 Å². The molecule has 2 aromatic heterocycles. The minimum atomic E-state index is -0.952. The molecule has 0 unspecified atom stereocenters. The van der Waals surface area contributed by atoms with Crippen molar-refractivity contribution < 1.29 is 13.6 Å². The fourth-order valence-electron chi connectivity index (χ4n) is 3.46. The van der Waals surface area contributed by atoms with Crippen LogP contribution in [0.25, 0.3) is 5.69 Å². The van der Waals surface area contributed by atoms with Gasteiger partial charge in [0.1, 0.15) is 11.4 Å². The van der Waals surface area contributed by atoms with Crippen LogP contribution in [0.3, 0.4) is 0 Å². The van der Waals surface area contributed by atoms with Crippen LogP contribution in [-0.4, -0.2) is 31.0 Å². The molecule has 0 saturated heterocycles. The van der Waals surface area contributed by atoms with Crippen molar-refractivity contribution >= 4 is 5.91 Å². The predicted molar refractivity (Wildman–Crippen MR) is 98.3 cm³/mol. The lowest BCUT2D eigenvalue weighted by molar-refractivity contribution is 0.0589. The van der Waals surface area contributed by atoms with Crippen LogP contribution in [0.5, 0.6) is 0 Å². The van der Waals surface area contributed by atoms with E-state index in [0.717, 1.165) is 17.8 Å². The molecule has 6 nitrogen and oxygen atoms in total. The first-order chi connectivity index (χ1) is 13.3. The first-order valence-corrected chi connectivity index (χ1v) is 8.85. The van der Waals surface area contributed by atoms with Gasteiger partial charge in [-0.2, -0.15) is 0 Å².